The van der Waals surface area contributed by atoms with Crippen LogP contribution in [-0.4, -0.2) is 18.0 Å². The second-order valence-electron chi connectivity index (χ2n) is 5.69. The highest BCUT2D eigenvalue weighted by molar-refractivity contribution is 5.83. The lowest BCUT2D eigenvalue weighted by Gasteiger charge is -2.28. The zero-order valence-corrected chi connectivity index (χ0v) is 13.3. The molecule has 1 aromatic carbocycles. The molecule has 0 aliphatic rings. The van der Waals surface area contributed by atoms with Crippen LogP contribution in [-0.2, 0) is 19.7 Å². The standard InChI is InChI=1S/C18H22O4/c1-6-16(19)21-13(3)12-18(4,5)14-8-10-15(11-9-14)22-17(20)7-2/h6-11,13H,1-2,12H2,3-5H3. The summed E-state index contributed by atoms with van der Waals surface area (Å²) in [6.07, 6.45) is 2.72. The lowest BCUT2D eigenvalue weighted by atomic mass is 9.80. The monoisotopic (exact) mass is 302 g/mol. The van der Waals surface area contributed by atoms with E-state index in [4.69, 9.17) is 9.47 Å². The summed E-state index contributed by atoms with van der Waals surface area (Å²) in [5, 5.41) is 0. The van der Waals surface area contributed by atoms with Crippen LogP contribution in [0.15, 0.2) is 49.6 Å². The second-order valence-corrected chi connectivity index (χ2v) is 5.69. The maximum Gasteiger partial charge on any atom is 0.335 e. The molecule has 1 atom stereocenters. The average molecular weight is 302 g/mol. The molecule has 0 saturated carbocycles. The van der Waals surface area contributed by atoms with Gasteiger partial charge in [-0.15, -0.1) is 0 Å². The average Bonchev–Trinajstić information content (AvgIpc) is 2.46. The van der Waals surface area contributed by atoms with Gasteiger partial charge in [-0.3, -0.25) is 0 Å². The molecule has 0 spiro atoms. The SMILES string of the molecule is C=CC(=O)Oc1ccc(C(C)(C)CC(C)OC(=O)C=C)cc1. The fourth-order valence-corrected chi connectivity index (χ4v) is 2.26. The van der Waals surface area contributed by atoms with Gasteiger partial charge in [-0.1, -0.05) is 39.1 Å². The Morgan fingerprint density at radius 1 is 1.14 bits per heavy atom. The van der Waals surface area contributed by atoms with Crippen molar-refractivity contribution in [2.24, 2.45) is 0 Å². The molecule has 0 amide bonds. The third kappa shape index (κ3) is 5.20. The van der Waals surface area contributed by atoms with Gasteiger partial charge in [-0.05, 0) is 36.5 Å². The fourth-order valence-electron chi connectivity index (χ4n) is 2.26. The smallest absolute Gasteiger partial charge is 0.335 e. The van der Waals surface area contributed by atoms with E-state index >= 15 is 0 Å². The van der Waals surface area contributed by atoms with Gasteiger partial charge in [0.2, 0.25) is 0 Å². The minimum absolute atomic E-state index is 0.193. The molecule has 0 radical (unpaired) electrons. The van der Waals surface area contributed by atoms with Gasteiger partial charge in [-0.25, -0.2) is 9.59 Å². The quantitative estimate of drug-likeness (QED) is 0.439. The first-order valence-corrected chi connectivity index (χ1v) is 7.06. The van der Waals surface area contributed by atoms with Crippen LogP contribution in [0, 0.1) is 0 Å². The van der Waals surface area contributed by atoms with Crippen molar-refractivity contribution in [2.45, 2.75) is 38.7 Å². The summed E-state index contributed by atoms with van der Waals surface area (Å²) in [7, 11) is 0. The van der Waals surface area contributed by atoms with Gasteiger partial charge < -0.3 is 9.47 Å². The first kappa shape index (κ1) is 17.7. The predicted molar refractivity (Wildman–Crippen MR) is 85.7 cm³/mol. The number of ether oxygens (including phenoxy) is 2. The van der Waals surface area contributed by atoms with Crippen molar-refractivity contribution < 1.29 is 19.1 Å². The number of carbonyl (C=O) groups is 2. The molecule has 0 N–H and O–H groups in total. The second kappa shape index (κ2) is 7.59. The van der Waals surface area contributed by atoms with E-state index in [-0.39, 0.29) is 11.5 Å². The molecule has 22 heavy (non-hydrogen) atoms. The van der Waals surface area contributed by atoms with E-state index in [0.29, 0.717) is 12.2 Å². The molecule has 0 fully saturated rings. The van der Waals surface area contributed by atoms with Crippen LogP contribution in [0.1, 0.15) is 32.8 Å². The summed E-state index contributed by atoms with van der Waals surface area (Å²) >= 11 is 0. The van der Waals surface area contributed by atoms with Crippen molar-refractivity contribution in [3.63, 3.8) is 0 Å². The van der Waals surface area contributed by atoms with Gasteiger partial charge in [-0.2, -0.15) is 0 Å². The van der Waals surface area contributed by atoms with Crippen molar-refractivity contribution in [2.75, 3.05) is 0 Å². The molecule has 4 nitrogen and oxygen atoms in total. The van der Waals surface area contributed by atoms with Crippen LogP contribution in [0.25, 0.3) is 0 Å². The lowest BCUT2D eigenvalue weighted by Crippen LogP contribution is -2.26. The van der Waals surface area contributed by atoms with Gasteiger partial charge in [0.05, 0.1) is 0 Å². The molecule has 4 heteroatoms. The zero-order chi connectivity index (χ0) is 16.8. The summed E-state index contributed by atoms with van der Waals surface area (Å²) in [6.45, 7) is 12.7. The van der Waals surface area contributed by atoms with E-state index in [2.05, 4.69) is 27.0 Å². The molecule has 1 unspecified atom stereocenters. The minimum Gasteiger partial charge on any atom is -0.459 e. The third-order valence-corrected chi connectivity index (χ3v) is 3.30. The number of hydrogen-bond donors (Lipinski definition) is 0. The molecule has 0 aliphatic carbocycles. The summed E-state index contributed by atoms with van der Waals surface area (Å²) in [6, 6.07) is 7.26. The third-order valence-electron chi connectivity index (χ3n) is 3.30. The van der Waals surface area contributed by atoms with Crippen LogP contribution in [0.4, 0.5) is 0 Å². The fraction of sp³-hybridized carbons (Fsp3) is 0.333. The number of carbonyl (C=O) groups excluding carboxylic acids is 2. The molecule has 0 saturated heterocycles. The van der Waals surface area contributed by atoms with Gasteiger partial charge in [0.25, 0.3) is 0 Å². The van der Waals surface area contributed by atoms with Gasteiger partial charge >= 0.3 is 11.9 Å². The Morgan fingerprint density at radius 3 is 2.18 bits per heavy atom. The number of benzene rings is 1. The topological polar surface area (TPSA) is 52.6 Å². The maximum atomic E-state index is 11.2. The Labute approximate surface area is 131 Å². The van der Waals surface area contributed by atoms with Crippen molar-refractivity contribution >= 4 is 11.9 Å². The van der Waals surface area contributed by atoms with Crippen molar-refractivity contribution in [3.05, 3.63) is 55.1 Å². The highest BCUT2D eigenvalue weighted by Gasteiger charge is 2.25. The lowest BCUT2D eigenvalue weighted by molar-refractivity contribution is -0.142. The van der Waals surface area contributed by atoms with Gasteiger partial charge in [0.15, 0.2) is 0 Å². The molecule has 1 aromatic rings. The van der Waals surface area contributed by atoms with Crippen LogP contribution in [0.3, 0.4) is 0 Å². The summed E-state index contributed by atoms with van der Waals surface area (Å²) in [4.78, 5) is 22.4. The Balaban J connectivity index is 2.75. The molecule has 118 valence electrons. The Hall–Kier alpha value is -2.36. The van der Waals surface area contributed by atoms with E-state index in [1.54, 1.807) is 12.1 Å². The molecule has 0 heterocycles. The maximum absolute atomic E-state index is 11.2. The van der Waals surface area contributed by atoms with Crippen LogP contribution in [0.2, 0.25) is 0 Å². The molecule has 0 aromatic heterocycles. The van der Waals surface area contributed by atoms with Gasteiger partial charge in [0, 0.05) is 12.2 Å². The zero-order valence-electron chi connectivity index (χ0n) is 13.3. The Bertz CT molecular complexity index is 555. The van der Waals surface area contributed by atoms with Crippen LogP contribution >= 0.6 is 0 Å². The number of hydrogen-bond acceptors (Lipinski definition) is 4. The highest BCUT2D eigenvalue weighted by atomic mass is 16.5. The molecule has 0 bridgehead atoms. The first-order valence-electron chi connectivity index (χ1n) is 7.06. The Kier molecular flexibility index (Phi) is 6.11. The van der Waals surface area contributed by atoms with Crippen molar-refractivity contribution in [1.29, 1.82) is 0 Å². The number of esters is 2. The number of rotatable bonds is 7. The predicted octanol–water partition coefficient (Wildman–Crippen LogP) is 3.56. The van der Waals surface area contributed by atoms with E-state index in [1.807, 2.05) is 19.1 Å². The van der Waals surface area contributed by atoms with Crippen LogP contribution in [0.5, 0.6) is 5.75 Å². The van der Waals surface area contributed by atoms with E-state index in [9.17, 15) is 9.59 Å². The molecule has 0 aliphatic heterocycles. The molecular formula is C18H22O4. The van der Waals surface area contributed by atoms with Gasteiger partial charge in [0.1, 0.15) is 11.9 Å². The van der Waals surface area contributed by atoms with E-state index < -0.39 is 11.9 Å². The van der Waals surface area contributed by atoms with E-state index in [0.717, 1.165) is 17.7 Å². The minimum atomic E-state index is -0.489. The highest BCUT2D eigenvalue weighted by Crippen LogP contribution is 2.30. The van der Waals surface area contributed by atoms with Crippen LogP contribution < -0.4 is 4.74 Å². The molecular weight excluding hydrogens is 280 g/mol. The Morgan fingerprint density at radius 2 is 1.68 bits per heavy atom. The summed E-state index contributed by atoms with van der Waals surface area (Å²) in [5.74, 6) is -0.442. The van der Waals surface area contributed by atoms with Crippen molar-refractivity contribution in [3.8, 4) is 5.75 Å². The van der Waals surface area contributed by atoms with Crippen molar-refractivity contribution in [1.82, 2.24) is 0 Å². The summed E-state index contributed by atoms with van der Waals surface area (Å²) in [5.41, 5.74) is 0.870. The molecule has 1 rings (SSSR count). The van der Waals surface area contributed by atoms with E-state index in [1.165, 1.54) is 0 Å². The normalized spacial score (nSPS) is 12.1. The summed E-state index contributed by atoms with van der Waals surface area (Å²) < 4.78 is 10.3. The largest absolute Gasteiger partial charge is 0.459 e. The first-order chi connectivity index (χ1) is 10.3.